The zero-order valence-corrected chi connectivity index (χ0v) is 11.5. The highest BCUT2D eigenvalue weighted by Crippen LogP contribution is 2.24. The normalized spacial score (nSPS) is 10.7. The van der Waals surface area contributed by atoms with Crippen LogP contribution in [0.4, 0.5) is 0 Å². The summed E-state index contributed by atoms with van der Waals surface area (Å²) in [6.07, 6.45) is 2.52. The van der Waals surface area contributed by atoms with Crippen LogP contribution in [-0.4, -0.2) is 20.6 Å². The van der Waals surface area contributed by atoms with Gasteiger partial charge in [-0.2, -0.15) is 0 Å². The van der Waals surface area contributed by atoms with E-state index in [0.717, 1.165) is 17.1 Å². The Morgan fingerprint density at radius 3 is 2.79 bits per heavy atom. The van der Waals surface area contributed by atoms with Gasteiger partial charge < -0.3 is 9.67 Å². The Morgan fingerprint density at radius 2 is 2.11 bits per heavy atom. The quantitative estimate of drug-likeness (QED) is 0.917. The summed E-state index contributed by atoms with van der Waals surface area (Å²) in [5, 5.41) is 8.73. The van der Waals surface area contributed by atoms with Crippen molar-refractivity contribution in [2.24, 2.45) is 7.05 Å². The second-order valence-electron chi connectivity index (χ2n) is 4.87. The number of nitrogens with zero attached hydrogens (tertiary/aromatic N) is 2. The van der Waals surface area contributed by atoms with Crippen LogP contribution in [0.3, 0.4) is 0 Å². The van der Waals surface area contributed by atoms with Gasteiger partial charge in [0.15, 0.2) is 0 Å². The van der Waals surface area contributed by atoms with E-state index in [4.69, 9.17) is 5.11 Å². The second-order valence-corrected chi connectivity index (χ2v) is 4.87. The summed E-state index contributed by atoms with van der Waals surface area (Å²) in [5.74, 6) is 0.00888. The number of rotatable bonds is 4. The number of hydrogen-bond donors (Lipinski definition) is 1. The van der Waals surface area contributed by atoms with Crippen molar-refractivity contribution < 1.29 is 9.90 Å². The van der Waals surface area contributed by atoms with Crippen LogP contribution < -0.4 is 0 Å². The molecule has 0 radical (unpaired) electrons. The molecule has 1 heterocycles. The molecule has 0 bridgehead atoms. The van der Waals surface area contributed by atoms with E-state index in [2.05, 4.69) is 37.0 Å². The maximum absolute atomic E-state index is 10.6. The number of aromatic nitrogens is 2. The van der Waals surface area contributed by atoms with E-state index in [1.165, 1.54) is 11.1 Å². The average molecular weight is 258 g/mol. The maximum Gasteiger partial charge on any atom is 0.303 e. The first kappa shape index (κ1) is 13.3. The monoisotopic (exact) mass is 258 g/mol. The van der Waals surface area contributed by atoms with E-state index >= 15 is 0 Å². The molecule has 0 fully saturated rings. The smallest absolute Gasteiger partial charge is 0.303 e. The van der Waals surface area contributed by atoms with Crippen LogP contribution in [0.5, 0.6) is 0 Å². The molecule has 0 unspecified atom stereocenters. The Labute approximate surface area is 112 Å². The van der Waals surface area contributed by atoms with Crippen molar-refractivity contribution in [3.8, 4) is 11.3 Å². The fourth-order valence-corrected chi connectivity index (χ4v) is 2.10. The summed E-state index contributed by atoms with van der Waals surface area (Å²) < 4.78 is 1.90. The third-order valence-corrected chi connectivity index (χ3v) is 3.20. The summed E-state index contributed by atoms with van der Waals surface area (Å²) >= 11 is 0. The van der Waals surface area contributed by atoms with Gasteiger partial charge in [-0.25, -0.2) is 4.98 Å². The largest absolute Gasteiger partial charge is 0.481 e. The van der Waals surface area contributed by atoms with Gasteiger partial charge in [-0.1, -0.05) is 17.7 Å². The molecule has 1 N–H and O–H groups in total. The van der Waals surface area contributed by atoms with E-state index in [9.17, 15) is 4.79 Å². The van der Waals surface area contributed by atoms with Crippen LogP contribution in [0.25, 0.3) is 11.3 Å². The van der Waals surface area contributed by atoms with Gasteiger partial charge >= 0.3 is 5.97 Å². The lowest BCUT2D eigenvalue weighted by Crippen LogP contribution is -2.02. The number of hydrogen-bond acceptors (Lipinski definition) is 2. The fourth-order valence-electron chi connectivity index (χ4n) is 2.10. The summed E-state index contributed by atoms with van der Waals surface area (Å²) in [6, 6.07) is 6.27. The zero-order valence-electron chi connectivity index (χ0n) is 11.5. The zero-order chi connectivity index (χ0) is 14.0. The van der Waals surface area contributed by atoms with Gasteiger partial charge in [-0.15, -0.1) is 0 Å². The molecule has 0 aliphatic rings. The number of carboxylic acid groups (broad SMARTS) is 1. The highest BCUT2D eigenvalue weighted by molar-refractivity contribution is 5.67. The van der Waals surface area contributed by atoms with Gasteiger partial charge in [0, 0.05) is 25.2 Å². The summed E-state index contributed by atoms with van der Waals surface area (Å²) in [7, 11) is 1.90. The Bertz CT molecular complexity index is 615. The molecule has 0 aliphatic heterocycles. The first-order chi connectivity index (χ1) is 8.97. The highest BCUT2D eigenvalue weighted by atomic mass is 16.4. The number of aliphatic carboxylic acids is 1. The van der Waals surface area contributed by atoms with Crippen molar-refractivity contribution in [1.29, 1.82) is 0 Å². The number of imidazole rings is 1. The lowest BCUT2D eigenvalue weighted by atomic mass is 10.0. The lowest BCUT2D eigenvalue weighted by molar-refractivity contribution is -0.137. The molecule has 0 amide bonds. The van der Waals surface area contributed by atoms with Crippen LogP contribution in [0.15, 0.2) is 24.4 Å². The molecule has 0 saturated carbocycles. The SMILES string of the molecule is Cc1ccc(C)c(-c2cn(C)c(CCC(=O)O)n2)c1. The maximum atomic E-state index is 10.6. The van der Waals surface area contributed by atoms with Crippen LogP contribution in [0, 0.1) is 13.8 Å². The van der Waals surface area contributed by atoms with Crippen molar-refractivity contribution >= 4 is 5.97 Å². The number of carboxylic acids is 1. The van der Waals surface area contributed by atoms with Gasteiger partial charge in [-0.05, 0) is 25.5 Å². The van der Waals surface area contributed by atoms with Crippen LogP contribution >= 0.6 is 0 Å². The standard InChI is InChI=1S/C15H18N2O2/c1-10-4-5-11(2)12(8-10)13-9-17(3)14(16-13)6-7-15(18)19/h4-5,8-9H,6-7H2,1-3H3,(H,18,19). The Hall–Kier alpha value is -2.10. The molecule has 19 heavy (non-hydrogen) atoms. The van der Waals surface area contributed by atoms with E-state index in [-0.39, 0.29) is 6.42 Å². The molecular formula is C15H18N2O2. The van der Waals surface area contributed by atoms with E-state index in [1.54, 1.807) is 0 Å². The first-order valence-electron chi connectivity index (χ1n) is 6.29. The molecule has 0 atom stereocenters. The predicted molar refractivity (Wildman–Crippen MR) is 74.1 cm³/mol. The van der Waals surface area contributed by atoms with E-state index in [0.29, 0.717) is 6.42 Å². The molecule has 4 nitrogen and oxygen atoms in total. The Balaban J connectivity index is 2.33. The summed E-state index contributed by atoms with van der Waals surface area (Å²) in [6.45, 7) is 4.11. The predicted octanol–water partition coefficient (Wildman–Crippen LogP) is 2.72. The van der Waals surface area contributed by atoms with E-state index < -0.39 is 5.97 Å². The number of carbonyl (C=O) groups is 1. The van der Waals surface area contributed by atoms with Crippen molar-refractivity contribution in [3.63, 3.8) is 0 Å². The average Bonchev–Trinajstić information content (AvgIpc) is 2.71. The highest BCUT2D eigenvalue weighted by Gasteiger charge is 2.10. The van der Waals surface area contributed by atoms with Gasteiger partial charge in [0.1, 0.15) is 5.82 Å². The molecular weight excluding hydrogens is 240 g/mol. The van der Waals surface area contributed by atoms with Crippen LogP contribution in [0.1, 0.15) is 23.4 Å². The molecule has 1 aromatic heterocycles. The summed E-state index contributed by atoms with van der Waals surface area (Å²) in [5.41, 5.74) is 4.38. The van der Waals surface area contributed by atoms with Gasteiger partial charge in [0.25, 0.3) is 0 Å². The first-order valence-corrected chi connectivity index (χ1v) is 6.29. The molecule has 4 heteroatoms. The summed E-state index contributed by atoms with van der Waals surface area (Å²) in [4.78, 5) is 15.2. The van der Waals surface area contributed by atoms with E-state index in [1.807, 2.05) is 17.8 Å². The minimum absolute atomic E-state index is 0.108. The number of aryl methyl sites for hydroxylation is 4. The molecule has 0 spiro atoms. The van der Waals surface area contributed by atoms with Crippen molar-refractivity contribution in [2.45, 2.75) is 26.7 Å². The Morgan fingerprint density at radius 1 is 1.37 bits per heavy atom. The van der Waals surface area contributed by atoms with Crippen molar-refractivity contribution in [3.05, 3.63) is 41.3 Å². The molecule has 1 aromatic carbocycles. The van der Waals surface area contributed by atoms with Crippen molar-refractivity contribution in [1.82, 2.24) is 9.55 Å². The van der Waals surface area contributed by atoms with Gasteiger partial charge in [0.05, 0.1) is 12.1 Å². The van der Waals surface area contributed by atoms with Gasteiger partial charge in [0.2, 0.25) is 0 Å². The third kappa shape index (κ3) is 3.02. The lowest BCUT2D eigenvalue weighted by Gasteiger charge is -2.03. The Kier molecular flexibility index (Phi) is 3.69. The molecule has 2 rings (SSSR count). The topological polar surface area (TPSA) is 55.1 Å². The molecule has 2 aromatic rings. The van der Waals surface area contributed by atoms with Crippen molar-refractivity contribution in [2.75, 3.05) is 0 Å². The molecule has 100 valence electrons. The van der Waals surface area contributed by atoms with Crippen LogP contribution in [0.2, 0.25) is 0 Å². The second kappa shape index (κ2) is 5.26. The third-order valence-electron chi connectivity index (χ3n) is 3.20. The fraction of sp³-hybridized carbons (Fsp3) is 0.333. The minimum Gasteiger partial charge on any atom is -0.481 e. The molecule has 0 saturated heterocycles. The van der Waals surface area contributed by atoms with Crippen LogP contribution in [-0.2, 0) is 18.3 Å². The molecule has 0 aliphatic carbocycles. The minimum atomic E-state index is -0.795. The van der Waals surface area contributed by atoms with Gasteiger partial charge in [-0.3, -0.25) is 4.79 Å². The number of benzene rings is 1.